The van der Waals surface area contributed by atoms with E-state index in [2.05, 4.69) is 28.1 Å². The summed E-state index contributed by atoms with van der Waals surface area (Å²) < 4.78 is 5.48. The molecule has 4 nitrogen and oxygen atoms in total. The lowest BCUT2D eigenvalue weighted by molar-refractivity contribution is 0.00779. The second kappa shape index (κ2) is 7.52. The highest BCUT2D eigenvalue weighted by molar-refractivity contribution is 6.33. The fraction of sp³-hybridized carbons (Fsp3) is 0.400. The molecule has 0 bridgehead atoms. The Morgan fingerprint density at radius 2 is 1.97 bits per heavy atom. The van der Waals surface area contributed by atoms with E-state index in [9.17, 15) is 0 Å². The van der Waals surface area contributed by atoms with Crippen molar-refractivity contribution in [3.8, 4) is 11.4 Å². The van der Waals surface area contributed by atoms with Gasteiger partial charge in [0.25, 0.3) is 0 Å². The van der Waals surface area contributed by atoms with Crippen LogP contribution < -0.4 is 0 Å². The van der Waals surface area contributed by atoms with E-state index < -0.39 is 0 Å². The van der Waals surface area contributed by atoms with Crippen LogP contribution in [0.15, 0.2) is 42.5 Å². The van der Waals surface area contributed by atoms with Crippen LogP contribution in [0.3, 0.4) is 0 Å². The van der Waals surface area contributed by atoms with E-state index in [1.807, 2.05) is 24.3 Å². The average molecular weight is 420 g/mol. The molecule has 30 heavy (non-hydrogen) atoms. The van der Waals surface area contributed by atoms with Crippen molar-refractivity contribution in [2.24, 2.45) is 0 Å². The summed E-state index contributed by atoms with van der Waals surface area (Å²) in [7, 11) is 0. The van der Waals surface area contributed by atoms with E-state index in [-0.39, 0.29) is 0 Å². The third-order valence-corrected chi connectivity index (χ3v) is 7.41. The van der Waals surface area contributed by atoms with Gasteiger partial charge in [-0.05, 0) is 48.1 Å². The number of H-pyrrole nitrogens is 1. The van der Waals surface area contributed by atoms with Crippen LogP contribution >= 0.6 is 11.6 Å². The molecular weight excluding hydrogens is 394 g/mol. The molecule has 3 aliphatic rings. The van der Waals surface area contributed by atoms with E-state index >= 15 is 0 Å². The van der Waals surface area contributed by atoms with Gasteiger partial charge < -0.3 is 9.72 Å². The molecule has 0 spiro atoms. The molecule has 2 aliphatic heterocycles. The van der Waals surface area contributed by atoms with Gasteiger partial charge in [0, 0.05) is 37.0 Å². The lowest BCUT2D eigenvalue weighted by Crippen LogP contribution is -2.43. The molecule has 1 atom stereocenters. The Labute approximate surface area is 182 Å². The third-order valence-electron chi connectivity index (χ3n) is 7.08. The van der Waals surface area contributed by atoms with Crippen LogP contribution in [0.5, 0.6) is 0 Å². The first-order valence-electron chi connectivity index (χ1n) is 11.0. The SMILES string of the molecule is Clc1ccccc1-c1nc2c([nH]1)CN(C1CCc3cccc(C4COC4)c3C1)CC2. The Morgan fingerprint density at radius 1 is 1.07 bits per heavy atom. The van der Waals surface area contributed by atoms with Crippen molar-refractivity contribution in [3.05, 3.63) is 75.6 Å². The molecule has 1 fully saturated rings. The Morgan fingerprint density at radius 3 is 2.80 bits per heavy atom. The van der Waals surface area contributed by atoms with Gasteiger partial charge in [-0.1, -0.05) is 41.9 Å². The molecule has 1 N–H and O–H groups in total. The summed E-state index contributed by atoms with van der Waals surface area (Å²) in [5.41, 5.74) is 8.11. The summed E-state index contributed by atoms with van der Waals surface area (Å²) in [4.78, 5) is 11.1. The number of hydrogen-bond acceptors (Lipinski definition) is 3. The van der Waals surface area contributed by atoms with Gasteiger partial charge in [-0.2, -0.15) is 0 Å². The summed E-state index contributed by atoms with van der Waals surface area (Å²) >= 11 is 6.40. The lowest BCUT2D eigenvalue weighted by atomic mass is 9.80. The summed E-state index contributed by atoms with van der Waals surface area (Å²) in [6.45, 7) is 3.79. The van der Waals surface area contributed by atoms with Crippen LogP contribution in [0.2, 0.25) is 5.02 Å². The minimum atomic E-state index is 0.595. The number of imidazole rings is 1. The van der Waals surface area contributed by atoms with Crippen molar-refractivity contribution < 1.29 is 4.74 Å². The number of aromatic amines is 1. The zero-order valence-electron chi connectivity index (χ0n) is 17.0. The molecule has 0 saturated carbocycles. The molecular formula is C25H26ClN3O. The number of fused-ring (bicyclic) bond motifs is 2. The predicted octanol–water partition coefficient (Wildman–Crippen LogP) is 4.76. The van der Waals surface area contributed by atoms with Crippen LogP contribution in [0, 0.1) is 0 Å². The van der Waals surface area contributed by atoms with Crippen molar-refractivity contribution >= 4 is 11.6 Å². The van der Waals surface area contributed by atoms with Gasteiger partial charge >= 0.3 is 0 Å². The topological polar surface area (TPSA) is 41.2 Å². The van der Waals surface area contributed by atoms with E-state index in [1.165, 1.54) is 29.8 Å². The smallest absolute Gasteiger partial charge is 0.139 e. The van der Waals surface area contributed by atoms with Crippen LogP contribution in [0.4, 0.5) is 0 Å². The Bertz CT molecular complexity index is 1090. The van der Waals surface area contributed by atoms with Crippen LogP contribution in [-0.4, -0.2) is 40.7 Å². The zero-order valence-corrected chi connectivity index (χ0v) is 17.8. The molecule has 5 heteroatoms. The van der Waals surface area contributed by atoms with Crippen molar-refractivity contribution in [1.29, 1.82) is 0 Å². The molecule has 0 radical (unpaired) electrons. The second-order valence-electron chi connectivity index (χ2n) is 8.83. The number of rotatable bonds is 3. The lowest BCUT2D eigenvalue weighted by Gasteiger charge is -2.39. The second-order valence-corrected chi connectivity index (χ2v) is 9.23. The van der Waals surface area contributed by atoms with Crippen molar-refractivity contribution in [3.63, 3.8) is 0 Å². The fourth-order valence-electron chi connectivity index (χ4n) is 5.31. The first-order valence-corrected chi connectivity index (χ1v) is 11.4. The average Bonchev–Trinajstić information content (AvgIpc) is 3.16. The number of aryl methyl sites for hydroxylation is 1. The van der Waals surface area contributed by atoms with Gasteiger partial charge in [0.15, 0.2) is 0 Å². The molecule has 2 aromatic carbocycles. The predicted molar refractivity (Wildman–Crippen MR) is 119 cm³/mol. The van der Waals surface area contributed by atoms with Gasteiger partial charge in [-0.3, -0.25) is 4.90 Å². The highest BCUT2D eigenvalue weighted by Gasteiger charge is 2.32. The maximum absolute atomic E-state index is 6.40. The molecule has 6 rings (SSSR count). The molecule has 1 saturated heterocycles. The molecule has 154 valence electrons. The van der Waals surface area contributed by atoms with E-state index in [1.54, 1.807) is 11.1 Å². The summed E-state index contributed by atoms with van der Waals surface area (Å²) in [5.74, 6) is 1.49. The summed E-state index contributed by atoms with van der Waals surface area (Å²) in [6.07, 6.45) is 4.57. The number of hydrogen-bond donors (Lipinski definition) is 1. The number of ether oxygens (including phenoxy) is 1. The van der Waals surface area contributed by atoms with Gasteiger partial charge in [-0.25, -0.2) is 4.98 Å². The normalized spacial score (nSPS) is 21.7. The van der Waals surface area contributed by atoms with Gasteiger partial charge in [0.2, 0.25) is 0 Å². The number of halogens is 1. The van der Waals surface area contributed by atoms with Gasteiger partial charge in [0.05, 0.1) is 29.6 Å². The summed E-state index contributed by atoms with van der Waals surface area (Å²) in [6, 6.07) is 15.4. The molecule has 3 aromatic rings. The van der Waals surface area contributed by atoms with E-state index in [4.69, 9.17) is 21.3 Å². The van der Waals surface area contributed by atoms with Crippen LogP contribution in [-0.2, 0) is 30.5 Å². The molecule has 1 aliphatic carbocycles. The highest BCUT2D eigenvalue weighted by atomic mass is 35.5. The van der Waals surface area contributed by atoms with Gasteiger partial charge in [0.1, 0.15) is 5.82 Å². The maximum atomic E-state index is 6.40. The van der Waals surface area contributed by atoms with Crippen molar-refractivity contribution in [1.82, 2.24) is 14.9 Å². The summed E-state index contributed by atoms with van der Waals surface area (Å²) in [5, 5.41) is 0.747. The number of nitrogens with zero attached hydrogens (tertiary/aromatic N) is 2. The minimum absolute atomic E-state index is 0.595. The molecule has 1 unspecified atom stereocenters. The molecule has 3 heterocycles. The minimum Gasteiger partial charge on any atom is -0.380 e. The Balaban J connectivity index is 1.23. The number of nitrogens with one attached hydrogen (secondary N) is 1. The largest absolute Gasteiger partial charge is 0.380 e. The molecule has 0 amide bonds. The van der Waals surface area contributed by atoms with Crippen LogP contribution in [0.25, 0.3) is 11.4 Å². The highest BCUT2D eigenvalue weighted by Crippen LogP contribution is 2.35. The Hall–Kier alpha value is -2.14. The number of aromatic nitrogens is 2. The third kappa shape index (κ3) is 3.18. The van der Waals surface area contributed by atoms with Gasteiger partial charge in [-0.15, -0.1) is 0 Å². The quantitative estimate of drug-likeness (QED) is 0.665. The van der Waals surface area contributed by atoms with E-state index in [0.717, 1.165) is 55.6 Å². The molecule has 1 aromatic heterocycles. The first kappa shape index (κ1) is 18.6. The zero-order chi connectivity index (χ0) is 20.1. The van der Waals surface area contributed by atoms with E-state index in [0.29, 0.717) is 12.0 Å². The monoisotopic (exact) mass is 419 g/mol. The Kier molecular flexibility index (Phi) is 4.67. The standard InChI is InChI=1S/C25H26ClN3O/c26-22-7-2-1-5-20(22)25-27-23-10-11-29(13-24(23)28-25)18-9-8-16-4-3-6-19(21(16)12-18)17-14-30-15-17/h1-7,17-18H,8-15H2,(H,27,28). The fourth-order valence-corrected chi connectivity index (χ4v) is 5.54. The van der Waals surface area contributed by atoms with Crippen molar-refractivity contribution in [2.75, 3.05) is 19.8 Å². The van der Waals surface area contributed by atoms with Crippen molar-refractivity contribution in [2.45, 2.75) is 44.2 Å². The first-order chi connectivity index (χ1) is 14.8. The van der Waals surface area contributed by atoms with Crippen LogP contribution in [0.1, 0.15) is 40.4 Å². The maximum Gasteiger partial charge on any atom is 0.139 e. The number of benzene rings is 2.